The van der Waals surface area contributed by atoms with Crippen molar-refractivity contribution in [2.45, 2.75) is 32.4 Å². The van der Waals surface area contributed by atoms with E-state index in [1.54, 1.807) is 0 Å². The molecule has 0 aliphatic carbocycles. The Morgan fingerprint density at radius 1 is 0.833 bits per heavy atom. The summed E-state index contributed by atoms with van der Waals surface area (Å²) in [6, 6.07) is 21.8. The lowest BCUT2D eigenvalue weighted by Crippen LogP contribution is -2.25. The highest BCUT2D eigenvalue weighted by Crippen LogP contribution is 2.05. The summed E-state index contributed by atoms with van der Waals surface area (Å²) in [7, 11) is 0. The van der Waals surface area contributed by atoms with Gasteiger partial charge in [-0.05, 0) is 30.9 Å². The molecule has 0 amide bonds. The van der Waals surface area contributed by atoms with Crippen molar-refractivity contribution in [3.63, 3.8) is 0 Å². The molecule has 0 aliphatic rings. The Bertz CT molecular complexity index is 392. The van der Waals surface area contributed by atoms with Crippen LogP contribution in [0, 0.1) is 0 Å². The van der Waals surface area contributed by atoms with E-state index in [0.29, 0.717) is 6.04 Å². The summed E-state index contributed by atoms with van der Waals surface area (Å²) in [6.45, 7) is 3.21. The fourth-order valence-corrected chi connectivity index (χ4v) is 2.02. The smallest absolute Gasteiger partial charge is 0.0207 e. The fourth-order valence-electron chi connectivity index (χ4n) is 2.02. The lowest BCUT2D eigenvalue weighted by molar-refractivity contribution is 0.514. The van der Waals surface area contributed by atoms with Crippen LogP contribution in [0.5, 0.6) is 0 Å². The number of hydrogen-bond donors (Lipinski definition) is 1. The molecule has 1 nitrogen and oxygen atoms in total. The second-order valence-corrected chi connectivity index (χ2v) is 4.79. The predicted molar refractivity (Wildman–Crippen MR) is 77.5 cm³/mol. The number of hydrogen-bond acceptors (Lipinski definition) is 1. The predicted octanol–water partition coefficient (Wildman–Crippen LogP) is 3.80. The van der Waals surface area contributed by atoms with Gasteiger partial charge in [0.1, 0.15) is 0 Å². The van der Waals surface area contributed by atoms with Crippen LogP contribution in [0.15, 0.2) is 60.7 Å². The Kier molecular flexibility index (Phi) is 4.98. The van der Waals surface area contributed by atoms with Crippen molar-refractivity contribution in [1.82, 2.24) is 5.32 Å². The summed E-state index contributed by atoms with van der Waals surface area (Å²) in [4.78, 5) is 0. The zero-order valence-electron chi connectivity index (χ0n) is 11.0. The van der Waals surface area contributed by atoms with Crippen molar-refractivity contribution in [2.24, 2.45) is 0 Å². The average Bonchev–Trinajstić information content (AvgIpc) is 2.45. The van der Waals surface area contributed by atoms with Gasteiger partial charge in [0.25, 0.3) is 0 Å². The molecule has 1 N–H and O–H groups in total. The Morgan fingerprint density at radius 3 is 2.00 bits per heavy atom. The monoisotopic (exact) mass is 239 g/mol. The van der Waals surface area contributed by atoms with Crippen LogP contribution in [0.25, 0.3) is 0 Å². The van der Waals surface area contributed by atoms with Gasteiger partial charge in [0, 0.05) is 12.6 Å². The molecule has 0 spiro atoms. The van der Waals surface area contributed by atoms with Crippen LogP contribution < -0.4 is 5.32 Å². The molecule has 0 aliphatic heterocycles. The molecule has 1 heteroatoms. The zero-order valence-corrected chi connectivity index (χ0v) is 11.0. The molecule has 1 atom stereocenters. The van der Waals surface area contributed by atoms with Gasteiger partial charge in [-0.1, -0.05) is 60.7 Å². The van der Waals surface area contributed by atoms with Gasteiger partial charge in [-0.2, -0.15) is 0 Å². The minimum atomic E-state index is 0.547. The maximum atomic E-state index is 3.57. The van der Waals surface area contributed by atoms with Crippen molar-refractivity contribution in [1.29, 1.82) is 0 Å². The first-order valence-corrected chi connectivity index (χ1v) is 6.66. The number of aryl methyl sites for hydroxylation is 1. The SMILES string of the molecule is C[C@H](CCc1ccccc1)NCc1ccccc1. The van der Waals surface area contributed by atoms with Crippen molar-refractivity contribution < 1.29 is 0 Å². The normalized spacial score (nSPS) is 12.3. The molecule has 0 radical (unpaired) electrons. The fraction of sp³-hybridized carbons (Fsp3) is 0.294. The van der Waals surface area contributed by atoms with Crippen LogP contribution in [0.1, 0.15) is 24.5 Å². The quantitative estimate of drug-likeness (QED) is 0.808. The van der Waals surface area contributed by atoms with Crippen LogP contribution in [0.2, 0.25) is 0 Å². The molecule has 2 aromatic rings. The first kappa shape index (κ1) is 12.8. The summed E-state index contributed by atoms with van der Waals surface area (Å²) in [5, 5.41) is 3.57. The Hall–Kier alpha value is -1.60. The molecule has 18 heavy (non-hydrogen) atoms. The van der Waals surface area contributed by atoms with E-state index in [0.717, 1.165) is 13.0 Å². The van der Waals surface area contributed by atoms with E-state index in [-0.39, 0.29) is 0 Å². The van der Waals surface area contributed by atoms with Crippen molar-refractivity contribution in [2.75, 3.05) is 0 Å². The molecule has 0 fully saturated rings. The van der Waals surface area contributed by atoms with E-state index in [4.69, 9.17) is 0 Å². The summed E-state index contributed by atoms with van der Waals surface area (Å²) in [5.41, 5.74) is 2.77. The lowest BCUT2D eigenvalue weighted by Gasteiger charge is -2.13. The minimum Gasteiger partial charge on any atom is -0.310 e. The van der Waals surface area contributed by atoms with E-state index >= 15 is 0 Å². The maximum absolute atomic E-state index is 3.57. The van der Waals surface area contributed by atoms with Gasteiger partial charge in [-0.25, -0.2) is 0 Å². The molecule has 0 unspecified atom stereocenters. The first-order valence-electron chi connectivity index (χ1n) is 6.66. The van der Waals surface area contributed by atoms with Crippen molar-refractivity contribution in [3.8, 4) is 0 Å². The van der Waals surface area contributed by atoms with Gasteiger partial charge in [0.15, 0.2) is 0 Å². The van der Waals surface area contributed by atoms with Crippen LogP contribution >= 0.6 is 0 Å². The molecule has 0 saturated heterocycles. The highest BCUT2D eigenvalue weighted by atomic mass is 14.9. The van der Waals surface area contributed by atoms with Crippen molar-refractivity contribution >= 4 is 0 Å². The minimum absolute atomic E-state index is 0.547. The van der Waals surface area contributed by atoms with Crippen LogP contribution in [-0.4, -0.2) is 6.04 Å². The van der Waals surface area contributed by atoms with Gasteiger partial charge in [-0.15, -0.1) is 0 Å². The molecular weight excluding hydrogens is 218 g/mol. The molecule has 0 saturated carbocycles. The van der Waals surface area contributed by atoms with E-state index in [1.807, 2.05) is 0 Å². The Balaban J connectivity index is 1.71. The van der Waals surface area contributed by atoms with Gasteiger partial charge >= 0.3 is 0 Å². The van der Waals surface area contributed by atoms with E-state index in [2.05, 4.69) is 72.9 Å². The molecule has 0 bridgehead atoms. The third-order valence-corrected chi connectivity index (χ3v) is 3.21. The number of benzene rings is 2. The van der Waals surface area contributed by atoms with Crippen molar-refractivity contribution in [3.05, 3.63) is 71.8 Å². The third-order valence-electron chi connectivity index (χ3n) is 3.21. The highest BCUT2D eigenvalue weighted by Gasteiger charge is 2.02. The maximum Gasteiger partial charge on any atom is 0.0207 e. The molecular formula is C17H21N. The molecule has 2 rings (SSSR count). The molecule has 94 valence electrons. The largest absolute Gasteiger partial charge is 0.310 e. The third kappa shape index (κ3) is 4.34. The average molecular weight is 239 g/mol. The number of nitrogens with one attached hydrogen (secondary N) is 1. The second kappa shape index (κ2) is 6.97. The van der Waals surface area contributed by atoms with Crippen LogP contribution in [0.3, 0.4) is 0 Å². The topological polar surface area (TPSA) is 12.0 Å². The standard InChI is InChI=1S/C17H21N/c1-15(12-13-16-8-4-2-5-9-16)18-14-17-10-6-3-7-11-17/h2-11,15,18H,12-14H2,1H3/t15-/m1/s1. The first-order chi connectivity index (χ1) is 8.84. The Labute approximate surface area is 110 Å². The van der Waals surface area contributed by atoms with Crippen LogP contribution in [-0.2, 0) is 13.0 Å². The van der Waals surface area contributed by atoms with E-state index in [9.17, 15) is 0 Å². The highest BCUT2D eigenvalue weighted by molar-refractivity contribution is 5.15. The Morgan fingerprint density at radius 2 is 1.39 bits per heavy atom. The lowest BCUT2D eigenvalue weighted by atomic mass is 10.1. The molecule has 2 aromatic carbocycles. The van der Waals surface area contributed by atoms with Gasteiger partial charge in [-0.3, -0.25) is 0 Å². The molecule has 0 aromatic heterocycles. The summed E-state index contributed by atoms with van der Waals surface area (Å²) in [6.07, 6.45) is 2.32. The summed E-state index contributed by atoms with van der Waals surface area (Å²) >= 11 is 0. The van der Waals surface area contributed by atoms with Crippen LogP contribution in [0.4, 0.5) is 0 Å². The zero-order chi connectivity index (χ0) is 12.6. The van der Waals surface area contributed by atoms with E-state index in [1.165, 1.54) is 17.5 Å². The summed E-state index contributed by atoms with van der Waals surface area (Å²) in [5.74, 6) is 0. The molecule has 0 heterocycles. The van der Waals surface area contributed by atoms with Gasteiger partial charge in [0.05, 0.1) is 0 Å². The number of rotatable bonds is 6. The van der Waals surface area contributed by atoms with E-state index < -0.39 is 0 Å². The second-order valence-electron chi connectivity index (χ2n) is 4.79. The van der Waals surface area contributed by atoms with Gasteiger partial charge in [0.2, 0.25) is 0 Å². The summed E-state index contributed by atoms with van der Waals surface area (Å²) < 4.78 is 0. The van der Waals surface area contributed by atoms with Gasteiger partial charge < -0.3 is 5.32 Å².